The molecular weight excluding hydrogens is 316 g/mol. The summed E-state index contributed by atoms with van der Waals surface area (Å²) in [7, 11) is -3.55. The van der Waals surface area contributed by atoms with Gasteiger partial charge >= 0.3 is 0 Å². The van der Waals surface area contributed by atoms with Crippen LogP contribution in [0.1, 0.15) is 5.56 Å². The number of hydrogen-bond acceptors (Lipinski definition) is 6. The van der Waals surface area contributed by atoms with Gasteiger partial charge in [0.2, 0.25) is 6.79 Å². The van der Waals surface area contributed by atoms with Gasteiger partial charge in [0.05, 0.1) is 11.2 Å². The summed E-state index contributed by atoms with van der Waals surface area (Å²) in [4.78, 5) is 12.1. The Balaban J connectivity index is 1.87. The highest BCUT2D eigenvalue weighted by Gasteiger charge is 2.25. The summed E-state index contributed by atoms with van der Waals surface area (Å²) in [5.41, 5.74) is 0.748. The quantitative estimate of drug-likeness (QED) is 0.813. The van der Waals surface area contributed by atoms with Crippen molar-refractivity contribution < 1.29 is 22.7 Å². The standard InChI is InChI=1S/C12H10N2O5S2/c1-21(16,17)14-12-13-11(15)10(20-12)5-7-2-3-8-9(4-7)19-6-18-8/h2-5H,6H2,1H3,(H,13,14,15)/b10-5+. The minimum absolute atomic E-state index is 0.0505. The molecule has 2 aliphatic heterocycles. The van der Waals surface area contributed by atoms with Gasteiger partial charge in [-0.05, 0) is 35.5 Å². The van der Waals surface area contributed by atoms with Crippen LogP contribution < -0.4 is 14.8 Å². The molecule has 1 amide bonds. The van der Waals surface area contributed by atoms with Gasteiger partial charge in [0, 0.05) is 0 Å². The van der Waals surface area contributed by atoms with Gasteiger partial charge in [-0.2, -0.15) is 0 Å². The smallest absolute Gasteiger partial charge is 0.264 e. The van der Waals surface area contributed by atoms with Crippen molar-refractivity contribution in [3.63, 3.8) is 0 Å². The summed E-state index contributed by atoms with van der Waals surface area (Å²) >= 11 is 0.973. The molecule has 0 atom stereocenters. The number of amidine groups is 1. The molecule has 0 aromatic heterocycles. The Labute approximate surface area is 125 Å². The number of rotatable bonds is 2. The van der Waals surface area contributed by atoms with Gasteiger partial charge in [-0.3, -0.25) is 10.1 Å². The van der Waals surface area contributed by atoms with E-state index in [9.17, 15) is 13.2 Å². The van der Waals surface area contributed by atoms with Gasteiger partial charge < -0.3 is 9.47 Å². The molecule has 2 heterocycles. The van der Waals surface area contributed by atoms with Crippen LogP contribution in [0.25, 0.3) is 6.08 Å². The highest BCUT2D eigenvalue weighted by molar-refractivity contribution is 8.19. The second-order valence-corrected chi connectivity index (χ2v) is 6.99. The van der Waals surface area contributed by atoms with E-state index in [1.54, 1.807) is 24.3 Å². The Morgan fingerprint density at radius 2 is 2.10 bits per heavy atom. The van der Waals surface area contributed by atoms with Crippen LogP contribution in [0.15, 0.2) is 27.5 Å². The molecule has 7 nitrogen and oxygen atoms in total. The number of carbonyl (C=O) groups is 1. The van der Waals surface area contributed by atoms with Crippen molar-refractivity contribution in [2.75, 3.05) is 13.0 Å². The lowest BCUT2D eigenvalue weighted by molar-refractivity contribution is -0.115. The molecular formula is C12H10N2O5S2. The van der Waals surface area contributed by atoms with Gasteiger partial charge in [-0.15, -0.1) is 4.40 Å². The fourth-order valence-electron chi connectivity index (χ4n) is 1.78. The minimum Gasteiger partial charge on any atom is -0.454 e. The zero-order valence-electron chi connectivity index (χ0n) is 10.8. The summed E-state index contributed by atoms with van der Waals surface area (Å²) in [6, 6.07) is 5.27. The van der Waals surface area contributed by atoms with Crippen molar-refractivity contribution in [2.24, 2.45) is 4.40 Å². The van der Waals surface area contributed by atoms with Gasteiger partial charge in [-0.1, -0.05) is 6.07 Å². The Hall–Kier alpha value is -2.00. The lowest BCUT2D eigenvalue weighted by atomic mass is 10.2. The van der Waals surface area contributed by atoms with Crippen molar-refractivity contribution in [3.05, 3.63) is 28.7 Å². The molecule has 0 spiro atoms. The van der Waals surface area contributed by atoms with E-state index >= 15 is 0 Å². The molecule has 0 unspecified atom stereocenters. The van der Waals surface area contributed by atoms with Crippen LogP contribution in [0, 0.1) is 0 Å². The molecule has 1 aromatic carbocycles. The van der Waals surface area contributed by atoms with Gasteiger partial charge in [0.1, 0.15) is 0 Å². The number of amides is 1. The van der Waals surface area contributed by atoms with Crippen molar-refractivity contribution in [1.29, 1.82) is 0 Å². The summed E-state index contributed by atoms with van der Waals surface area (Å²) in [6.45, 7) is 0.176. The van der Waals surface area contributed by atoms with Gasteiger partial charge in [0.25, 0.3) is 15.9 Å². The van der Waals surface area contributed by atoms with Crippen molar-refractivity contribution in [2.45, 2.75) is 0 Å². The van der Waals surface area contributed by atoms with E-state index in [0.29, 0.717) is 16.4 Å². The topological polar surface area (TPSA) is 94.1 Å². The first-order valence-corrected chi connectivity index (χ1v) is 8.48. The maximum absolute atomic E-state index is 11.8. The molecule has 2 aliphatic rings. The number of carbonyl (C=O) groups excluding carboxylic acids is 1. The lowest BCUT2D eigenvalue weighted by Crippen LogP contribution is -2.20. The number of hydrogen-bond donors (Lipinski definition) is 1. The molecule has 21 heavy (non-hydrogen) atoms. The second-order valence-electron chi connectivity index (χ2n) is 4.31. The molecule has 9 heteroatoms. The van der Waals surface area contributed by atoms with E-state index in [0.717, 1.165) is 23.6 Å². The first-order chi connectivity index (χ1) is 9.90. The predicted molar refractivity (Wildman–Crippen MR) is 78.6 cm³/mol. The van der Waals surface area contributed by atoms with E-state index in [2.05, 4.69) is 9.71 Å². The molecule has 0 saturated carbocycles. The molecule has 0 aliphatic carbocycles. The van der Waals surface area contributed by atoms with Crippen LogP contribution in [-0.4, -0.2) is 32.5 Å². The Morgan fingerprint density at radius 1 is 1.33 bits per heavy atom. The maximum atomic E-state index is 11.8. The van der Waals surface area contributed by atoms with E-state index in [4.69, 9.17) is 9.47 Å². The Kier molecular flexibility index (Phi) is 3.38. The van der Waals surface area contributed by atoms with Crippen molar-refractivity contribution in [3.8, 4) is 11.5 Å². The highest BCUT2D eigenvalue weighted by atomic mass is 32.2. The van der Waals surface area contributed by atoms with Crippen LogP contribution >= 0.6 is 11.8 Å². The lowest BCUT2D eigenvalue weighted by Gasteiger charge is -1.98. The number of thioether (sulfide) groups is 1. The molecule has 0 bridgehead atoms. The Bertz CT molecular complexity index is 783. The molecule has 1 aromatic rings. The maximum Gasteiger partial charge on any atom is 0.264 e. The van der Waals surface area contributed by atoms with Gasteiger partial charge in [-0.25, -0.2) is 8.42 Å². The number of nitrogens with one attached hydrogen (secondary N) is 1. The van der Waals surface area contributed by atoms with E-state index in [1.807, 2.05) is 0 Å². The first kappa shape index (κ1) is 14.0. The average molecular weight is 326 g/mol. The molecule has 0 radical (unpaired) electrons. The molecule has 1 fully saturated rings. The fraction of sp³-hybridized carbons (Fsp3) is 0.167. The van der Waals surface area contributed by atoms with Crippen molar-refractivity contribution in [1.82, 2.24) is 5.32 Å². The third-order valence-electron chi connectivity index (χ3n) is 2.59. The fourth-order valence-corrected chi connectivity index (χ4v) is 3.37. The van der Waals surface area contributed by atoms with Gasteiger partial charge in [0.15, 0.2) is 16.7 Å². The van der Waals surface area contributed by atoms with E-state index in [1.165, 1.54) is 0 Å². The number of nitrogens with zero attached hydrogens (tertiary/aromatic N) is 1. The summed E-state index contributed by atoms with van der Waals surface area (Å²) in [5, 5.41) is 2.45. The Morgan fingerprint density at radius 3 is 2.86 bits per heavy atom. The molecule has 110 valence electrons. The number of ether oxygens (including phenoxy) is 2. The molecule has 1 saturated heterocycles. The monoisotopic (exact) mass is 326 g/mol. The molecule has 3 rings (SSSR count). The van der Waals surface area contributed by atoms with Crippen LogP contribution in [0.3, 0.4) is 0 Å². The van der Waals surface area contributed by atoms with Crippen LogP contribution in [0.5, 0.6) is 11.5 Å². The average Bonchev–Trinajstić information content (AvgIpc) is 2.94. The zero-order valence-corrected chi connectivity index (χ0v) is 12.5. The highest BCUT2D eigenvalue weighted by Crippen LogP contribution is 2.34. The number of benzene rings is 1. The SMILES string of the molecule is CS(=O)(=O)/N=C1\NC(=O)/C(=C\c2ccc3c(c2)OCO3)S1. The largest absolute Gasteiger partial charge is 0.454 e. The minimum atomic E-state index is -3.55. The molecule has 1 N–H and O–H groups in total. The van der Waals surface area contributed by atoms with Crippen LogP contribution in [-0.2, 0) is 14.8 Å². The van der Waals surface area contributed by atoms with Crippen LogP contribution in [0.2, 0.25) is 0 Å². The third-order valence-corrected chi connectivity index (χ3v) is 4.13. The second kappa shape index (κ2) is 5.08. The van der Waals surface area contributed by atoms with E-state index < -0.39 is 10.0 Å². The number of sulfonamides is 1. The van der Waals surface area contributed by atoms with E-state index in [-0.39, 0.29) is 17.9 Å². The summed E-state index contributed by atoms with van der Waals surface area (Å²) in [5.74, 6) is 0.873. The first-order valence-electron chi connectivity index (χ1n) is 5.81. The summed E-state index contributed by atoms with van der Waals surface area (Å²) in [6.07, 6.45) is 2.60. The normalized spacial score (nSPS) is 21.1. The number of fused-ring (bicyclic) bond motifs is 1. The van der Waals surface area contributed by atoms with Crippen LogP contribution in [0.4, 0.5) is 0 Å². The summed E-state index contributed by atoms with van der Waals surface area (Å²) < 4.78 is 36.1. The van der Waals surface area contributed by atoms with Crippen molar-refractivity contribution >= 4 is 38.9 Å². The predicted octanol–water partition coefficient (Wildman–Crippen LogP) is 0.935. The third kappa shape index (κ3) is 3.19. The zero-order chi connectivity index (χ0) is 15.0.